The lowest BCUT2D eigenvalue weighted by atomic mass is 9.98. The van der Waals surface area contributed by atoms with Crippen LogP contribution < -0.4 is 5.32 Å². The summed E-state index contributed by atoms with van der Waals surface area (Å²) in [5.41, 5.74) is 1.00. The molecule has 1 aromatic heterocycles. The number of fused-ring (bicyclic) bond motifs is 1. The summed E-state index contributed by atoms with van der Waals surface area (Å²) in [5.74, 6) is 0.00610. The highest BCUT2D eigenvalue weighted by atomic mass is 32.1. The number of nitrogens with one attached hydrogen (secondary N) is 1. The maximum absolute atomic E-state index is 11.9. The molecule has 1 aromatic carbocycles. The second-order valence-electron chi connectivity index (χ2n) is 5.29. The molecule has 1 N–H and O–H groups in total. The Kier molecular flexibility index (Phi) is 5.31. The molecule has 0 saturated heterocycles. The van der Waals surface area contributed by atoms with Crippen molar-refractivity contribution in [2.45, 2.75) is 39.3 Å². The van der Waals surface area contributed by atoms with Gasteiger partial charge in [0.2, 0.25) is 0 Å². The van der Waals surface area contributed by atoms with Crippen LogP contribution in [-0.4, -0.2) is 24.1 Å². The zero-order chi connectivity index (χ0) is 15.4. The number of rotatable bonds is 6. The number of esters is 1. The van der Waals surface area contributed by atoms with Crippen LogP contribution in [0.15, 0.2) is 24.3 Å². The topological polar surface area (TPSA) is 51.2 Å². The summed E-state index contributed by atoms with van der Waals surface area (Å²) in [5, 5.41) is 4.36. The summed E-state index contributed by atoms with van der Waals surface area (Å²) >= 11 is 1.66. The number of para-hydroxylation sites is 1. The van der Waals surface area contributed by atoms with Gasteiger partial charge in [-0.1, -0.05) is 32.4 Å². The van der Waals surface area contributed by atoms with E-state index in [1.54, 1.807) is 11.3 Å². The first kappa shape index (κ1) is 15.9. The minimum atomic E-state index is -0.304. The third kappa shape index (κ3) is 3.60. The predicted molar refractivity (Wildman–Crippen MR) is 86.4 cm³/mol. The Hall–Kier alpha value is -1.46. The second-order valence-corrected chi connectivity index (χ2v) is 6.36. The van der Waals surface area contributed by atoms with Crippen LogP contribution in [0.5, 0.6) is 0 Å². The van der Waals surface area contributed by atoms with Gasteiger partial charge >= 0.3 is 5.97 Å². The average Bonchev–Trinajstić information content (AvgIpc) is 2.95. The first-order chi connectivity index (χ1) is 10.1. The van der Waals surface area contributed by atoms with Gasteiger partial charge in [-0.2, -0.15) is 0 Å². The summed E-state index contributed by atoms with van der Waals surface area (Å²) in [7, 11) is 1.43. The molecular formula is C16H22N2O2S. The minimum absolute atomic E-state index is 0.0144. The molecule has 4 nitrogen and oxygen atoms in total. The number of hydrogen-bond acceptors (Lipinski definition) is 5. The van der Waals surface area contributed by atoms with Crippen LogP contribution in [0, 0.1) is 5.92 Å². The van der Waals surface area contributed by atoms with Gasteiger partial charge < -0.3 is 4.74 Å². The van der Waals surface area contributed by atoms with E-state index in [2.05, 4.69) is 30.2 Å². The molecule has 0 saturated carbocycles. The largest absolute Gasteiger partial charge is 0.468 e. The fraction of sp³-hybridized carbons (Fsp3) is 0.500. The van der Waals surface area contributed by atoms with Crippen LogP contribution in [0.3, 0.4) is 0 Å². The minimum Gasteiger partial charge on any atom is -0.468 e. The quantitative estimate of drug-likeness (QED) is 0.829. The molecule has 0 aliphatic carbocycles. The molecule has 0 aliphatic rings. The van der Waals surface area contributed by atoms with Crippen LogP contribution in [0.2, 0.25) is 0 Å². The zero-order valence-corrected chi connectivity index (χ0v) is 13.7. The Bertz CT molecular complexity index is 578. The standard InChI is InChI=1S/C16H22N2O2S/c1-5-10(2)14(16(19)20-4)17-11(3)15-18-12-8-6-7-9-13(12)21-15/h6-11,14,17H,5H2,1-4H3. The molecule has 1 heterocycles. The van der Waals surface area contributed by atoms with E-state index in [1.165, 1.54) is 11.8 Å². The number of carbonyl (C=O) groups is 1. The van der Waals surface area contributed by atoms with Crippen molar-refractivity contribution in [2.75, 3.05) is 7.11 Å². The van der Waals surface area contributed by atoms with Crippen LogP contribution in [0.4, 0.5) is 0 Å². The number of nitrogens with zero attached hydrogens (tertiary/aromatic N) is 1. The molecule has 0 bridgehead atoms. The fourth-order valence-electron chi connectivity index (χ4n) is 2.24. The van der Waals surface area contributed by atoms with Crippen molar-refractivity contribution in [1.29, 1.82) is 0 Å². The van der Waals surface area contributed by atoms with Crippen LogP contribution in [0.1, 0.15) is 38.2 Å². The maximum Gasteiger partial charge on any atom is 0.323 e. The van der Waals surface area contributed by atoms with Crippen molar-refractivity contribution in [3.8, 4) is 0 Å². The Balaban J connectivity index is 2.17. The molecular weight excluding hydrogens is 284 g/mol. The van der Waals surface area contributed by atoms with E-state index in [9.17, 15) is 4.79 Å². The number of ether oxygens (including phenoxy) is 1. The van der Waals surface area contributed by atoms with Crippen LogP contribution in [0.25, 0.3) is 10.2 Å². The van der Waals surface area contributed by atoms with Gasteiger partial charge in [0.25, 0.3) is 0 Å². The average molecular weight is 306 g/mol. The zero-order valence-electron chi connectivity index (χ0n) is 12.9. The fourth-order valence-corrected chi connectivity index (χ4v) is 3.22. The number of benzene rings is 1. The summed E-state index contributed by atoms with van der Waals surface area (Å²) < 4.78 is 6.08. The van der Waals surface area contributed by atoms with Crippen molar-refractivity contribution >= 4 is 27.5 Å². The van der Waals surface area contributed by atoms with E-state index in [0.717, 1.165) is 16.9 Å². The predicted octanol–water partition coefficient (Wildman–Crippen LogP) is 3.53. The SMILES string of the molecule is CCC(C)C(NC(C)c1nc2ccccc2s1)C(=O)OC. The van der Waals surface area contributed by atoms with E-state index in [1.807, 2.05) is 25.1 Å². The van der Waals surface area contributed by atoms with E-state index in [4.69, 9.17) is 4.74 Å². The number of hydrogen-bond donors (Lipinski definition) is 1. The van der Waals surface area contributed by atoms with Crippen molar-refractivity contribution < 1.29 is 9.53 Å². The van der Waals surface area contributed by atoms with Gasteiger partial charge in [0.05, 0.1) is 23.4 Å². The van der Waals surface area contributed by atoms with E-state index < -0.39 is 0 Å². The Labute approximate surface area is 129 Å². The summed E-state index contributed by atoms with van der Waals surface area (Å²) in [4.78, 5) is 16.6. The van der Waals surface area contributed by atoms with Gasteiger partial charge in [0, 0.05) is 0 Å². The summed E-state index contributed by atoms with van der Waals surface area (Å²) in [6.45, 7) is 6.17. The second kappa shape index (κ2) is 7.00. The molecule has 114 valence electrons. The molecule has 3 atom stereocenters. The molecule has 2 rings (SSSR count). The van der Waals surface area contributed by atoms with Gasteiger partial charge in [0.1, 0.15) is 11.0 Å². The lowest BCUT2D eigenvalue weighted by Crippen LogP contribution is -2.43. The van der Waals surface area contributed by atoms with Gasteiger partial charge in [-0.05, 0) is 25.0 Å². The van der Waals surface area contributed by atoms with E-state index >= 15 is 0 Å². The maximum atomic E-state index is 11.9. The van der Waals surface area contributed by atoms with Gasteiger partial charge in [0.15, 0.2) is 0 Å². The monoisotopic (exact) mass is 306 g/mol. The van der Waals surface area contributed by atoms with Crippen molar-refractivity contribution in [3.05, 3.63) is 29.3 Å². The summed E-state index contributed by atoms with van der Waals surface area (Å²) in [6, 6.07) is 7.78. The molecule has 0 aliphatic heterocycles. The normalized spacial score (nSPS) is 15.6. The first-order valence-corrected chi connectivity index (χ1v) is 8.07. The number of thiazole rings is 1. The van der Waals surface area contributed by atoms with Gasteiger partial charge in [-0.3, -0.25) is 10.1 Å². The third-order valence-corrected chi connectivity index (χ3v) is 5.00. The van der Waals surface area contributed by atoms with E-state index in [-0.39, 0.29) is 24.0 Å². The summed E-state index contributed by atoms with van der Waals surface area (Å²) in [6.07, 6.45) is 0.916. The Morgan fingerprint density at radius 3 is 2.71 bits per heavy atom. The third-order valence-electron chi connectivity index (χ3n) is 3.78. The Morgan fingerprint density at radius 1 is 1.38 bits per heavy atom. The molecule has 0 fully saturated rings. The highest BCUT2D eigenvalue weighted by Gasteiger charge is 2.27. The molecule has 0 amide bonds. The van der Waals surface area contributed by atoms with Gasteiger partial charge in [-0.25, -0.2) is 4.98 Å². The van der Waals surface area contributed by atoms with Crippen molar-refractivity contribution in [1.82, 2.24) is 10.3 Å². The lowest BCUT2D eigenvalue weighted by molar-refractivity contribution is -0.144. The number of carbonyl (C=O) groups excluding carboxylic acids is 1. The van der Waals surface area contributed by atoms with Crippen molar-refractivity contribution in [2.24, 2.45) is 5.92 Å². The van der Waals surface area contributed by atoms with E-state index in [0.29, 0.717) is 0 Å². The number of aromatic nitrogens is 1. The highest BCUT2D eigenvalue weighted by Crippen LogP contribution is 2.27. The van der Waals surface area contributed by atoms with Crippen molar-refractivity contribution in [3.63, 3.8) is 0 Å². The van der Waals surface area contributed by atoms with Gasteiger partial charge in [-0.15, -0.1) is 11.3 Å². The molecule has 0 radical (unpaired) electrons. The Morgan fingerprint density at radius 2 is 2.10 bits per heavy atom. The number of methoxy groups -OCH3 is 1. The molecule has 5 heteroatoms. The molecule has 21 heavy (non-hydrogen) atoms. The molecule has 3 unspecified atom stereocenters. The first-order valence-electron chi connectivity index (χ1n) is 7.26. The lowest BCUT2D eigenvalue weighted by Gasteiger charge is -2.24. The molecule has 0 spiro atoms. The van der Waals surface area contributed by atoms with Crippen LogP contribution >= 0.6 is 11.3 Å². The highest BCUT2D eigenvalue weighted by molar-refractivity contribution is 7.18. The van der Waals surface area contributed by atoms with Crippen LogP contribution in [-0.2, 0) is 9.53 Å². The molecule has 2 aromatic rings. The smallest absolute Gasteiger partial charge is 0.323 e.